The van der Waals surface area contributed by atoms with Crippen LogP contribution in [0.2, 0.25) is 0 Å². The van der Waals surface area contributed by atoms with Crippen molar-refractivity contribution in [1.29, 1.82) is 0 Å². The van der Waals surface area contributed by atoms with Gasteiger partial charge in [-0.1, -0.05) is 18.2 Å². The van der Waals surface area contributed by atoms with Crippen LogP contribution in [0.4, 0.5) is 0 Å². The molecule has 0 unspecified atom stereocenters. The molecule has 0 spiro atoms. The molecule has 3 rings (SSSR count). The van der Waals surface area contributed by atoms with Gasteiger partial charge >= 0.3 is 0 Å². The molecule has 1 saturated carbocycles. The molecule has 1 aliphatic rings. The molecular formula is C18H26IN3O2. The summed E-state index contributed by atoms with van der Waals surface area (Å²) in [7, 11) is 0. The third kappa shape index (κ3) is 4.22. The predicted molar refractivity (Wildman–Crippen MR) is 108 cm³/mol. The summed E-state index contributed by atoms with van der Waals surface area (Å²) in [4.78, 5) is 4.59. The van der Waals surface area contributed by atoms with Crippen molar-refractivity contribution in [3.8, 4) is 0 Å². The molecule has 5 nitrogen and oxygen atoms in total. The van der Waals surface area contributed by atoms with Crippen molar-refractivity contribution in [3.63, 3.8) is 0 Å². The molecule has 6 heteroatoms. The summed E-state index contributed by atoms with van der Waals surface area (Å²) < 4.78 is 5.89. The fraction of sp³-hybridized carbons (Fsp3) is 0.500. The zero-order chi connectivity index (χ0) is 16.3. The van der Waals surface area contributed by atoms with Crippen molar-refractivity contribution in [2.24, 2.45) is 4.99 Å². The van der Waals surface area contributed by atoms with Crippen molar-refractivity contribution < 1.29 is 9.52 Å². The van der Waals surface area contributed by atoms with E-state index in [2.05, 4.69) is 28.6 Å². The third-order valence-electron chi connectivity index (χ3n) is 4.54. The van der Waals surface area contributed by atoms with E-state index < -0.39 is 5.60 Å². The Kier molecular flexibility index (Phi) is 6.51. The Morgan fingerprint density at radius 3 is 2.67 bits per heavy atom. The van der Waals surface area contributed by atoms with Gasteiger partial charge in [-0.15, -0.1) is 24.0 Å². The molecule has 1 aliphatic carbocycles. The maximum absolute atomic E-state index is 10.2. The quantitative estimate of drug-likeness (QED) is 0.377. The lowest BCUT2D eigenvalue weighted by molar-refractivity contribution is -0.0279. The summed E-state index contributed by atoms with van der Waals surface area (Å²) in [5, 5.41) is 17.8. The molecule has 1 fully saturated rings. The standard InChI is InChI=1S/C18H25N3O2.HI/c1-3-19-17(21-12-18(22)9-6-10-18)20-11-16-13(2)14-7-4-5-8-15(14)23-16;/h4-5,7-8,22H,3,6,9-12H2,1-2H3,(H2,19,20,21);1H. The second-order valence-corrected chi connectivity index (χ2v) is 6.27. The number of nitrogens with zero attached hydrogens (tertiary/aromatic N) is 1. The number of benzene rings is 1. The van der Waals surface area contributed by atoms with Crippen molar-refractivity contribution >= 4 is 40.9 Å². The minimum absolute atomic E-state index is 0. The number of furan rings is 1. The highest BCUT2D eigenvalue weighted by Crippen LogP contribution is 2.30. The topological polar surface area (TPSA) is 69.8 Å². The highest BCUT2D eigenvalue weighted by atomic mass is 127. The SMILES string of the molecule is CCNC(=NCc1oc2ccccc2c1C)NCC1(O)CCC1.I. The van der Waals surface area contributed by atoms with Crippen LogP contribution in [0.15, 0.2) is 33.7 Å². The zero-order valence-electron chi connectivity index (χ0n) is 14.3. The first-order valence-electron chi connectivity index (χ1n) is 8.33. The van der Waals surface area contributed by atoms with Crippen molar-refractivity contribution in [2.45, 2.75) is 45.3 Å². The van der Waals surface area contributed by atoms with Gasteiger partial charge in [-0.25, -0.2) is 4.99 Å². The van der Waals surface area contributed by atoms with Gasteiger partial charge in [-0.2, -0.15) is 0 Å². The number of halogens is 1. The molecule has 2 aromatic rings. The van der Waals surface area contributed by atoms with Gasteiger partial charge in [0.25, 0.3) is 0 Å². The molecule has 132 valence electrons. The minimum Gasteiger partial charge on any atom is -0.459 e. The van der Waals surface area contributed by atoms with Crippen molar-refractivity contribution in [1.82, 2.24) is 10.6 Å². The van der Waals surface area contributed by atoms with Crippen molar-refractivity contribution in [3.05, 3.63) is 35.6 Å². The van der Waals surface area contributed by atoms with E-state index >= 15 is 0 Å². The molecule has 3 N–H and O–H groups in total. The highest BCUT2D eigenvalue weighted by Gasteiger charge is 2.34. The number of hydrogen-bond donors (Lipinski definition) is 3. The molecule has 0 atom stereocenters. The van der Waals surface area contributed by atoms with Crippen LogP contribution in [0.3, 0.4) is 0 Å². The lowest BCUT2D eigenvalue weighted by Gasteiger charge is -2.36. The van der Waals surface area contributed by atoms with Crippen LogP contribution in [0, 0.1) is 6.92 Å². The van der Waals surface area contributed by atoms with Crippen LogP contribution in [0.5, 0.6) is 0 Å². The maximum atomic E-state index is 10.2. The van der Waals surface area contributed by atoms with E-state index in [-0.39, 0.29) is 24.0 Å². The molecule has 1 heterocycles. The second-order valence-electron chi connectivity index (χ2n) is 6.27. The fourth-order valence-electron chi connectivity index (χ4n) is 2.88. The van der Waals surface area contributed by atoms with E-state index in [1.807, 2.05) is 25.1 Å². The molecular weight excluding hydrogens is 417 g/mol. The van der Waals surface area contributed by atoms with E-state index in [9.17, 15) is 5.11 Å². The molecule has 0 aliphatic heterocycles. The van der Waals surface area contributed by atoms with Crippen LogP contribution in [0.25, 0.3) is 11.0 Å². The molecule has 0 saturated heterocycles. The van der Waals surface area contributed by atoms with Gasteiger partial charge in [-0.05, 0) is 39.2 Å². The molecule has 0 bridgehead atoms. The van der Waals surface area contributed by atoms with Gasteiger partial charge in [0.05, 0.1) is 5.60 Å². The van der Waals surface area contributed by atoms with E-state index in [1.54, 1.807) is 0 Å². The van der Waals surface area contributed by atoms with Crippen LogP contribution in [0.1, 0.15) is 37.5 Å². The lowest BCUT2D eigenvalue weighted by Crippen LogP contribution is -2.50. The summed E-state index contributed by atoms with van der Waals surface area (Å²) in [5.74, 6) is 1.60. The number of para-hydroxylation sites is 1. The van der Waals surface area contributed by atoms with Crippen LogP contribution >= 0.6 is 24.0 Å². The van der Waals surface area contributed by atoms with E-state index in [0.29, 0.717) is 19.0 Å². The van der Waals surface area contributed by atoms with Gasteiger partial charge in [-0.3, -0.25) is 0 Å². The molecule has 0 radical (unpaired) electrons. The largest absolute Gasteiger partial charge is 0.459 e. The van der Waals surface area contributed by atoms with Gasteiger partial charge in [0.1, 0.15) is 17.9 Å². The Labute approximate surface area is 159 Å². The Morgan fingerprint density at radius 2 is 2.04 bits per heavy atom. The van der Waals surface area contributed by atoms with Gasteiger partial charge in [0, 0.05) is 24.0 Å². The third-order valence-corrected chi connectivity index (χ3v) is 4.54. The Bertz CT molecular complexity index is 707. The summed E-state index contributed by atoms with van der Waals surface area (Å²) in [6, 6.07) is 8.04. The van der Waals surface area contributed by atoms with Crippen molar-refractivity contribution in [2.75, 3.05) is 13.1 Å². The monoisotopic (exact) mass is 443 g/mol. The average Bonchev–Trinajstić information content (AvgIpc) is 2.85. The highest BCUT2D eigenvalue weighted by molar-refractivity contribution is 14.0. The number of guanidine groups is 1. The van der Waals surface area contributed by atoms with E-state index in [0.717, 1.165) is 48.1 Å². The van der Waals surface area contributed by atoms with Crippen LogP contribution in [-0.2, 0) is 6.54 Å². The normalized spacial score (nSPS) is 16.4. The summed E-state index contributed by atoms with van der Waals surface area (Å²) in [6.45, 7) is 5.89. The second kappa shape index (κ2) is 8.20. The van der Waals surface area contributed by atoms with E-state index in [4.69, 9.17) is 4.42 Å². The fourth-order valence-corrected chi connectivity index (χ4v) is 2.88. The summed E-state index contributed by atoms with van der Waals surface area (Å²) in [6.07, 6.45) is 2.83. The predicted octanol–water partition coefficient (Wildman–Crippen LogP) is 3.33. The smallest absolute Gasteiger partial charge is 0.191 e. The number of fused-ring (bicyclic) bond motifs is 1. The lowest BCUT2D eigenvalue weighted by atomic mass is 9.80. The Hall–Kier alpha value is -1.28. The molecule has 1 aromatic heterocycles. The Balaban J connectivity index is 0.00000208. The molecule has 0 amide bonds. The number of hydrogen-bond acceptors (Lipinski definition) is 3. The number of aliphatic imine (C=N–C) groups is 1. The molecule has 24 heavy (non-hydrogen) atoms. The minimum atomic E-state index is -0.564. The van der Waals surface area contributed by atoms with Gasteiger partial charge in [0.15, 0.2) is 5.96 Å². The number of aryl methyl sites for hydroxylation is 1. The zero-order valence-corrected chi connectivity index (χ0v) is 16.6. The van der Waals surface area contributed by atoms with Gasteiger partial charge < -0.3 is 20.2 Å². The molecule has 1 aromatic carbocycles. The summed E-state index contributed by atoms with van der Waals surface area (Å²) in [5.41, 5.74) is 1.47. The first kappa shape index (κ1) is 19.1. The average molecular weight is 443 g/mol. The Morgan fingerprint density at radius 1 is 1.29 bits per heavy atom. The van der Waals surface area contributed by atoms with Crippen LogP contribution in [-0.4, -0.2) is 29.8 Å². The summed E-state index contributed by atoms with van der Waals surface area (Å²) >= 11 is 0. The van der Waals surface area contributed by atoms with Crippen LogP contribution < -0.4 is 10.6 Å². The number of nitrogens with one attached hydrogen (secondary N) is 2. The number of aliphatic hydroxyl groups is 1. The number of rotatable bonds is 5. The first-order valence-corrected chi connectivity index (χ1v) is 8.33. The maximum Gasteiger partial charge on any atom is 0.191 e. The van der Waals surface area contributed by atoms with Gasteiger partial charge in [0.2, 0.25) is 0 Å². The first-order chi connectivity index (χ1) is 11.1. The van der Waals surface area contributed by atoms with E-state index in [1.165, 1.54) is 0 Å².